The fraction of sp³-hybridized carbons (Fsp3) is 0.947. The summed E-state index contributed by atoms with van der Waals surface area (Å²) in [6, 6.07) is 0.769. The lowest BCUT2D eigenvalue weighted by atomic mass is 9.81. The van der Waals surface area contributed by atoms with E-state index in [0.29, 0.717) is 5.91 Å². The van der Waals surface area contributed by atoms with Gasteiger partial charge in [-0.2, -0.15) is 0 Å². The highest BCUT2D eigenvalue weighted by molar-refractivity contribution is 5.83. The van der Waals surface area contributed by atoms with Gasteiger partial charge >= 0.3 is 0 Å². The summed E-state index contributed by atoms with van der Waals surface area (Å²) in [5.74, 6) is 1.95. The molecule has 4 rings (SSSR count). The smallest absolute Gasteiger partial charge is 0.228 e. The van der Waals surface area contributed by atoms with Crippen molar-refractivity contribution in [2.24, 2.45) is 17.3 Å². The van der Waals surface area contributed by atoms with Crippen molar-refractivity contribution >= 4 is 5.91 Å². The van der Waals surface area contributed by atoms with Gasteiger partial charge in [0.25, 0.3) is 0 Å². The second kappa shape index (κ2) is 6.36. The van der Waals surface area contributed by atoms with Gasteiger partial charge in [-0.15, -0.1) is 0 Å². The maximum Gasteiger partial charge on any atom is 0.228 e. The molecule has 0 spiro atoms. The van der Waals surface area contributed by atoms with Gasteiger partial charge < -0.3 is 9.64 Å². The van der Waals surface area contributed by atoms with Gasteiger partial charge in [0, 0.05) is 39.4 Å². The Balaban J connectivity index is 1.44. The number of methoxy groups -OCH3 is 1. The van der Waals surface area contributed by atoms with Crippen molar-refractivity contribution in [3.8, 4) is 0 Å². The lowest BCUT2D eigenvalue weighted by molar-refractivity contribution is -0.142. The van der Waals surface area contributed by atoms with E-state index in [1.807, 2.05) is 0 Å². The molecule has 1 aliphatic carbocycles. The molecular weight excluding hydrogens is 288 g/mol. The first kappa shape index (κ1) is 15.9. The van der Waals surface area contributed by atoms with E-state index in [2.05, 4.69) is 9.80 Å². The Kier molecular flexibility index (Phi) is 4.39. The van der Waals surface area contributed by atoms with Crippen LogP contribution in [-0.2, 0) is 9.53 Å². The highest BCUT2D eigenvalue weighted by Gasteiger charge is 2.51. The minimum atomic E-state index is -0.0963. The van der Waals surface area contributed by atoms with Gasteiger partial charge in [-0.1, -0.05) is 19.3 Å². The van der Waals surface area contributed by atoms with E-state index >= 15 is 0 Å². The number of rotatable bonds is 4. The van der Waals surface area contributed by atoms with Crippen molar-refractivity contribution < 1.29 is 9.53 Å². The van der Waals surface area contributed by atoms with E-state index in [0.717, 1.165) is 56.8 Å². The summed E-state index contributed by atoms with van der Waals surface area (Å²) in [5, 5.41) is 0. The van der Waals surface area contributed by atoms with Crippen LogP contribution in [0.25, 0.3) is 0 Å². The third kappa shape index (κ3) is 2.72. The molecule has 1 amide bonds. The molecule has 0 aromatic carbocycles. The zero-order valence-corrected chi connectivity index (χ0v) is 14.6. The van der Waals surface area contributed by atoms with Crippen molar-refractivity contribution in [2.75, 3.05) is 39.9 Å². The van der Waals surface area contributed by atoms with Crippen LogP contribution in [-0.4, -0.2) is 61.6 Å². The Morgan fingerprint density at radius 3 is 2.74 bits per heavy atom. The zero-order chi connectivity index (χ0) is 15.9. The third-order valence-electron chi connectivity index (χ3n) is 7.21. The molecule has 4 heteroatoms. The number of hydrogen-bond donors (Lipinski definition) is 0. The largest absolute Gasteiger partial charge is 0.385 e. The van der Waals surface area contributed by atoms with Gasteiger partial charge in [0.05, 0.1) is 5.41 Å². The molecular formula is C19H32N2O2. The monoisotopic (exact) mass is 320 g/mol. The maximum absolute atomic E-state index is 13.3. The first-order valence-corrected chi connectivity index (χ1v) is 9.76. The van der Waals surface area contributed by atoms with E-state index in [9.17, 15) is 4.79 Å². The normalized spacial score (nSPS) is 36.2. The average molecular weight is 320 g/mol. The van der Waals surface area contributed by atoms with Crippen LogP contribution in [0.5, 0.6) is 0 Å². The van der Waals surface area contributed by atoms with Crippen LogP contribution in [0.4, 0.5) is 0 Å². The Bertz CT molecular complexity index is 447. The predicted octanol–water partition coefficient (Wildman–Crippen LogP) is 2.53. The average Bonchev–Trinajstić information content (AvgIpc) is 3.27. The SMILES string of the molecule is COCCC1(C(=O)N2C[C@@H]3CN4CCCC[C@@H]4[C@@H]3C2)CCCC1. The quantitative estimate of drug-likeness (QED) is 0.798. The Hall–Kier alpha value is -0.610. The van der Waals surface area contributed by atoms with Crippen molar-refractivity contribution in [2.45, 2.75) is 57.4 Å². The second-order valence-electron chi connectivity index (χ2n) is 8.42. The number of likely N-dealkylation sites (tertiary alicyclic amines) is 1. The van der Waals surface area contributed by atoms with E-state index in [4.69, 9.17) is 4.74 Å². The second-order valence-corrected chi connectivity index (χ2v) is 8.42. The molecule has 1 saturated carbocycles. The summed E-state index contributed by atoms with van der Waals surface area (Å²) in [6.45, 7) is 5.31. The molecule has 130 valence electrons. The molecule has 3 aliphatic heterocycles. The number of nitrogens with zero attached hydrogens (tertiary/aromatic N) is 2. The maximum atomic E-state index is 13.3. The number of piperidine rings is 1. The topological polar surface area (TPSA) is 32.8 Å². The molecule has 23 heavy (non-hydrogen) atoms. The molecule has 3 heterocycles. The lowest BCUT2D eigenvalue weighted by Gasteiger charge is -2.36. The van der Waals surface area contributed by atoms with Gasteiger partial charge in [-0.25, -0.2) is 0 Å². The number of ether oxygens (including phenoxy) is 1. The van der Waals surface area contributed by atoms with Crippen LogP contribution < -0.4 is 0 Å². The lowest BCUT2D eigenvalue weighted by Crippen LogP contribution is -2.45. The van der Waals surface area contributed by atoms with Gasteiger partial charge in [0.1, 0.15) is 0 Å². The molecule has 0 N–H and O–H groups in total. The van der Waals surface area contributed by atoms with Crippen LogP contribution in [0.2, 0.25) is 0 Å². The van der Waals surface area contributed by atoms with Crippen molar-refractivity contribution in [3.63, 3.8) is 0 Å². The van der Waals surface area contributed by atoms with Crippen LogP contribution in [0.15, 0.2) is 0 Å². The molecule has 4 nitrogen and oxygen atoms in total. The molecule has 4 fully saturated rings. The van der Waals surface area contributed by atoms with Crippen molar-refractivity contribution in [1.82, 2.24) is 9.80 Å². The minimum absolute atomic E-state index is 0.0963. The van der Waals surface area contributed by atoms with Gasteiger partial charge in [0.15, 0.2) is 0 Å². The molecule has 3 saturated heterocycles. The molecule has 4 aliphatic rings. The van der Waals surface area contributed by atoms with Crippen LogP contribution in [0, 0.1) is 17.3 Å². The van der Waals surface area contributed by atoms with Gasteiger partial charge in [0.2, 0.25) is 5.91 Å². The number of fused-ring (bicyclic) bond motifs is 3. The number of hydrogen-bond acceptors (Lipinski definition) is 3. The van der Waals surface area contributed by atoms with Crippen molar-refractivity contribution in [1.29, 1.82) is 0 Å². The van der Waals surface area contributed by atoms with E-state index < -0.39 is 0 Å². The molecule has 0 radical (unpaired) electrons. The molecule has 0 unspecified atom stereocenters. The fourth-order valence-electron chi connectivity index (χ4n) is 5.98. The van der Waals surface area contributed by atoms with Gasteiger partial charge in [-0.05, 0) is 50.5 Å². The van der Waals surface area contributed by atoms with Crippen LogP contribution in [0.1, 0.15) is 51.4 Å². The Labute approximate surface area is 140 Å². The number of carbonyl (C=O) groups is 1. The van der Waals surface area contributed by atoms with E-state index in [1.54, 1.807) is 7.11 Å². The first-order valence-electron chi connectivity index (χ1n) is 9.76. The summed E-state index contributed by atoms with van der Waals surface area (Å²) in [5.41, 5.74) is -0.0963. The zero-order valence-electron chi connectivity index (χ0n) is 14.6. The summed E-state index contributed by atoms with van der Waals surface area (Å²) < 4.78 is 5.31. The predicted molar refractivity (Wildman–Crippen MR) is 90.2 cm³/mol. The Morgan fingerprint density at radius 2 is 1.96 bits per heavy atom. The molecule has 0 aromatic rings. The Morgan fingerprint density at radius 1 is 1.13 bits per heavy atom. The highest BCUT2D eigenvalue weighted by atomic mass is 16.5. The third-order valence-corrected chi connectivity index (χ3v) is 7.21. The number of carbonyl (C=O) groups excluding carboxylic acids is 1. The standard InChI is InChI=1S/C19H32N2O2/c1-23-11-9-19(7-3-4-8-19)18(22)21-13-15-12-20-10-5-2-6-17(20)16(15)14-21/h15-17H,2-14H2,1H3/t15-,16+,17+/m0/s1. The van der Waals surface area contributed by atoms with Crippen LogP contribution >= 0.6 is 0 Å². The summed E-state index contributed by atoms with van der Waals surface area (Å²) in [4.78, 5) is 18.3. The molecule has 3 atom stereocenters. The molecule has 0 bridgehead atoms. The van der Waals surface area contributed by atoms with Crippen LogP contribution in [0.3, 0.4) is 0 Å². The fourth-order valence-corrected chi connectivity index (χ4v) is 5.98. The molecule has 0 aromatic heterocycles. The van der Waals surface area contributed by atoms with E-state index in [-0.39, 0.29) is 5.41 Å². The van der Waals surface area contributed by atoms with E-state index in [1.165, 1.54) is 45.2 Å². The minimum Gasteiger partial charge on any atom is -0.385 e. The summed E-state index contributed by atoms with van der Waals surface area (Å²) in [7, 11) is 1.75. The van der Waals surface area contributed by atoms with Gasteiger partial charge in [-0.3, -0.25) is 9.69 Å². The highest BCUT2D eigenvalue weighted by Crippen LogP contribution is 2.46. The summed E-state index contributed by atoms with van der Waals surface area (Å²) in [6.07, 6.45) is 9.63. The van der Waals surface area contributed by atoms with Crippen molar-refractivity contribution in [3.05, 3.63) is 0 Å². The number of amides is 1. The first-order chi connectivity index (χ1) is 11.2. The summed E-state index contributed by atoms with van der Waals surface area (Å²) >= 11 is 0.